The van der Waals surface area contributed by atoms with Crippen LogP contribution in [-0.2, 0) is 26.1 Å². The standard InChI is InChI=1S/C35H38F3N7O4S/c1-21(2)40-33(48)45-50(4,49)28-10-6-9-27(18-28)43-32-39-19-29(30(44-32)41-22(3)20-46)23-11-13-26(14-12-23)42-31(47)34(15-16-34)24-7-5-8-25(17-24)35(36,37)38/h5-14,17-19,21-22,46H,15-16,20H2,1-4H3,(H,40,48)(H,42,47)(H2,39,41,43,44)/t22-,50-/m1/s1. The second-order valence-corrected chi connectivity index (χ2v) is 14.8. The molecule has 1 fully saturated rings. The zero-order valence-electron chi connectivity index (χ0n) is 27.8. The number of carbonyl (C=O) groups excluding carboxylic acids is 2. The molecular formula is C35H38F3N7O4S. The number of aliphatic hydroxyl groups is 1. The van der Waals surface area contributed by atoms with Crippen molar-refractivity contribution in [3.63, 3.8) is 0 Å². The first kappa shape index (κ1) is 36.3. The summed E-state index contributed by atoms with van der Waals surface area (Å²) in [4.78, 5) is 34.8. The number of benzene rings is 3. The minimum Gasteiger partial charge on any atom is -0.394 e. The van der Waals surface area contributed by atoms with E-state index in [-0.39, 0.29) is 30.5 Å². The predicted octanol–water partition coefficient (Wildman–Crippen LogP) is 6.94. The summed E-state index contributed by atoms with van der Waals surface area (Å²) in [6.45, 7) is 5.15. The van der Waals surface area contributed by atoms with E-state index in [0.29, 0.717) is 51.6 Å². The molecule has 0 aliphatic heterocycles. The molecule has 1 heterocycles. The van der Waals surface area contributed by atoms with Crippen LogP contribution in [0.25, 0.3) is 11.1 Å². The van der Waals surface area contributed by atoms with Crippen LogP contribution >= 0.6 is 0 Å². The molecule has 3 aromatic carbocycles. The Balaban J connectivity index is 1.35. The van der Waals surface area contributed by atoms with Crippen LogP contribution in [0.4, 0.5) is 41.1 Å². The number of anilines is 4. The molecule has 0 unspecified atom stereocenters. The highest BCUT2D eigenvalue weighted by molar-refractivity contribution is 7.93. The van der Waals surface area contributed by atoms with Gasteiger partial charge in [-0.2, -0.15) is 18.2 Å². The summed E-state index contributed by atoms with van der Waals surface area (Å²) in [7, 11) is -3.05. The zero-order chi connectivity index (χ0) is 36.3. The number of nitrogens with zero attached hydrogens (tertiary/aromatic N) is 3. The Morgan fingerprint density at radius 2 is 1.70 bits per heavy atom. The van der Waals surface area contributed by atoms with Gasteiger partial charge in [-0.25, -0.2) is 14.0 Å². The number of halogens is 3. The Hall–Kier alpha value is -5.02. The molecule has 3 amide bonds. The highest BCUT2D eigenvalue weighted by Gasteiger charge is 2.51. The Labute approximate surface area is 288 Å². The largest absolute Gasteiger partial charge is 0.416 e. The Bertz CT molecular complexity index is 2010. The van der Waals surface area contributed by atoms with Crippen molar-refractivity contribution in [1.82, 2.24) is 15.3 Å². The van der Waals surface area contributed by atoms with E-state index in [2.05, 4.69) is 35.6 Å². The number of urea groups is 1. The van der Waals surface area contributed by atoms with Crippen molar-refractivity contribution in [2.24, 2.45) is 4.36 Å². The minimum atomic E-state index is -4.51. The van der Waals surface area contributed by atoms with Crippen LogP contribution in [-0.4, -0.2) is 56.2 Å². The van der Waals surface area contributed by atoms with Gasteiger partial charge in [0, 0.05) is 46.4 Å². The highest BCUT2D eigenvalue weighted by Crippen LogP contribution is 2.50. The number of carbonyl (C=O) groups is 2. The zero-order valence-corrected chi connectivity index (χ0v) is 28.7. The molecule has 5 rings (SSSR count). The SMILES string of the molecule is CC(C)NC(=O)N=[S@](C)(=O)c1cccc(Nc2ncc(-c3ccc(NC(=O)C4(c5cccc(C(F)(F)F)c5)CC4)cc3)c(N[C@H](C)CO)n2)c1. The maximum absolute atomic E-state index is 13.3. The molecule has 1 aliphatic rings. The lowest BCUT2D eigenvalue weighted by Crippen LogP contribution is -2.28. The van der Waals surface area contributed by atoms with E-state index in [0.717, 1.165) is 12.1 Å². The van der Waals surface area contributed by atoms with Gasteiger partial charge in [-0.15, -0.1) is 4.36 Å². The summed E-state index contributed by atoms with van der Waals surface area (Å²) < 4.78 is 57.0. The first-order chi connectivity index (χ1) is 23.6. The average Bonchev–Trinajstić information content (AvgIpc) is 3.87. The van der Waals surface area contributed by atoms with Crippen molar-refractivity contribution in [1.29, 1.82) is 0 Å². The molecular weight excluding hydrogens is 671 g/mol. The molecule has 2 atom stereocenters. The summed E-state index contributed by atoms with van der Waals surface area (Å²) in [5.74, 6) is 0.222. The fourth-order valence-electron chi connectivity index (χ4n) is 5.21. The van der Waals surface area contributed by atoms with Gasteiger partial charge in [-0.05, 0) is 81.1 Å². The molecule has 0 spiro atoms. The molecule has 15 heteroatoms. The van der Waals surface area contributed by atoms with Crippen LogP contribution in [0.5, 0.6) is 0 Å². The molecule has 4 aromatic rings. The third-order valence-electron chi connectivity index (χ3n) is 8.02. The van der Waals surface area contributed by atoms with Crippen LogP contribution in [0.2, 0.25) is 0 Å². The Kier molecular flexibility index (Phi) is 10.5. The second kappa shape index (κ2) is 14.5. The van der Waals surface area contributed by atoms with Gasteiger partial charge >= 0.3 is 12.2 Å². The number of aliphatic hydroxyl groups excluding tert-OH is 1. The Morgan fingerprint density at radius 1 is 1.00 bits per heavy atom. The van der Waals surface area contributed by atoms with Crippen molar-refractivity contribution < 1.29 is 32.1 Å². The lowest BCUT2D eigenvalue weighted by atomic mass is 9.93. The van der Waals surface area contributed by atoms with Crippen LogP contribution in [0.3, 0.4) is 0 Å². The molecule has 1 aliphatic carbocycles. The third-order valence-corrected chi connectivity index (χ3v) is 9.67. The van der Waals surface area contributed by atoms with Crippen molar-refractivity contribution in [2.75, 3.05) is 28.8 Å². The maximum atomic E-state index is 13.3. The van der Waals surface area contributed by atoms with Gasteiger partial charge in [0.05, 0.1) is 27.3 Å². The summed E-state index contributed by atoms with van der Waals surface area (Å²) in [5.41, 5.74) is 0.783. The van der Waals surface area contributed by atoms with Crippen LogP contribution in [0.1, 0.15) is 44.7 Å². The van der Waals surface area contributed by atoms with Gasteiger partial charge < -0.3 is 26.4 Å². The van der Waals surface area contributed by atoms with Crippen LogP contribution in [0.15, 0.2) is 88.3 Å². The minimum absolute atomic E-state index is 0.161. The Morgan fingerprint density at radius 3 is 2.34 bits per heavy atom. The first-order valence-corrected chi connectivity index (χ1v) is 17.8. The molecule has 0 saturated heterocycles. The number of aromatic nitrogens is 2. The van der Waals surface area contributed by atoms with Crippen LogP contribution in [0, 0.1) is 0 Å². The quantitative estimate of drug-likeness (QED) is 0.112. The molecule has 50 heavy (non-hydrogen) atoms. The van der Waals surface area contributed by atoms with Gasteiger partial charge in [-0.1, -0.05) is 36.4 Å². The van der Waals surface area contributed by atoms with Gasteiger partial charge in [-0.3, -0.25) is 4.79 Å². The van der Waals surface area contributed by atoms with E-state index >= 15 is 0 Å². The summed E-state index contributed by atoms with van der Waals surface area (Å²) in [6.07, 6.45) is -0.650. The second-order valence-electron chi connectivity index (χ2n) is 12.5. The van der Waals surface area contributed by atoms with Gasteiger partial charge in [0.25, 0.3) is 0 Å². The normalized spacial score (nSPS) is 15.4. The third kappa shape index (κ3) is 8.58. The van der Waals surface area contributed by atoms with E-state index in [9.17, 15) is 32.1 Å². The fourth-order valence-corrected chi connectivity index (χ4v) is 6.37. The van der Waals surface area contributed by atoms with E-state index < -0.39 is 32.9 Å². The number of amides is 3. The number of alkyl halides is 3. The van der Waals surface area contributed by atoms with E-state index in [1.807, 2.05) is 0 Å². The lowest BCUT2D eigenvalue weighted by Gasteiger charge is -2.18. The molecule has 1 aromatic heterocycles. The molecule has 11 nitrogen and oxygen atoms in total. The molecule has 0 bridgehead atoms. The van der Waals surface area contributed by atoms with Crippen LogP contribution < -0.4 is 21.3 Å². The smallest absolute Gasteiger partial charge is 0.394 e. The first-order valence-electron chi connectivity index (χ1n) is 15.8. The highest BCUT2D eigenvalue weighted by atomic mass is 32.2. The maximum Gasteiger partial charge on any atom is 0.416 e. The molecule has 0 radical (unpaired) electrons. The molecule has 5 N–H and O–H groups in total. The predicted molar refractivity (Wildman–Crippen MR) is 187 cm³/mol. The summed E-state index contributed by atoms with van der Waals surface area (Å²) >= 11 is 0. The van der Waals surface area contributed by atoms with E-state index in [4.69, 9.17) is 0 Å². The van der Waals surface area contributed by atoms with Crippen molar-refractivity contribution >= 4 is 44.8 Å². The van der Waals surface area contributed by atoms with E-state index in [1.165, 1.54) is 12.3 Å². The van der Waals surface area contributed by atoms with Crippen molar-refractivity contribution in [3.8, 4) is 11.1 Å². The van der Waals surface area contributed by atoms with Crippen molar-refractivity contribution in [3.05, 3.63) is 90.1 Å². The van der Waals surface area contributed by atoms with Crippen molar-refractivity contribution in [2.45, 2.75) is 62.2 Å². The monoisotopic (exact) mass is 709 g/mol. The molecule has 264 valence electrons. The number of hydrogen-bond acceptors (Lipinski definition) is 8. The number of rotatable bonds is 11. The fraction of sp³-hybridized carbons (Fsp3) is 0.314. The molecule has 1 saturated carbocycles. The van der Waals surface area contributed by atoms with Gasteiger partial charge in [0.15, 0.2) is 0 Å². The topological polar surface area (TPSA) is 158 Å². The summed E-state index contributed by atoms with van der Waals surface area (Å²) in [6, 6.07) is 17.2. The van der Waals surface area contributed by atoms with Gasteiger partial charge in [0.1, 0.15) is 5.82 Å². The average molecular weight is 710 g/mol. The number of nitrogens with one attached hydrogen (secondary N) is 4. The lowest BCUT2D eigenvalue weighted by molar-refractivity contribution is -0.137. The summed E-state index contributed by atoms with van der Waals surface area (Å²) in [5, 5.41) is 21.4. The van der Waals surface area contributed by atoms with E-state index in [1.54, 1.807) is 81.6 Å². The number of hydrogen-bond donors (Lipinski definition) is 5. The van der Waals surface area contributed by atoms with Gasteiger partial charge in [0.2, 0.25) is 11.9 Å².